The molecule has 0 spiro atoms. The molecule has 2 nitrogen and oxygen atoms in total. The van der Waals surface area contributed by atoms with E-state index in [0.717, 1.165) is 36.4 Å². The lowest BCUT2D eigenvalue weighted by Crippen LogP contribution is -2.07. The Labute approximate surface area is 111 Å². The third-order valence-corrected chi connectivity index (χ3v) is 4.54. The molecular formula is C15H17NOS. The molecule has 1 heterocycles. The number of hydrogen-bond acceptors (Lipinski definition) is 3. The molecule has 1 unspecified atom stereocenters. The summed E-state index contributed by atoms with van der Waals surface area (Å²) in [7, 11) is 0. The van der Waals surface area contributed by atoms with Crippen molar-refractivity contribution in [2.45, 2.75) is 38.7 Å². The predicted octanol–water partition coefficient (Wildman–Crippen LogP) is 3.41. The Hall–Kier alpha value is -1.19. The lowest BCUT2D eigenvalue weighted by Gasteiger charge is -2.14. The number of hydrogen-bond donors (Lipinski definition) is 1. The van der Waals surface area contributed by atoms with E-state index in [9.17, 15) is 5.11 Å². The molecule has 0 fully saturated rings. The van der Waals surface area contributed by atoms with Gasteiger partial charge in [-0.15, -0.1) is 11.3 Å². The first-order valence-corrected chi connectivity index (χ1v) is 7.26. The van der Waals surface area contributed by atoms with Gasteiger partial charge in [-0.05, 0) is 31.7 Å². The second-order valence-corrected chi connectivity index (χ2v) is 6.16. The average Bonchev–Trinajstić information content (AvgIpc) is 2.73. The molecule has 3 heteroatoms. The molecule has 0 radical (unpaired) electrons. The molecule has 3 rings (SSSR count). The number of aryl methyl sites for hydroxylation is 2. The summed E-state index contributed by atoms with van der Waals surface area (Å²) < 4.78 is 0. The summed E-state index contributed by atoms with van der Waals surface area (Å²) in [5.74, 6) is 0. The topological polar surface area (TPSA) is 33.1 Å². The van der Waals surface area contributed by atoms with Gasteiger partial charge in [0.05, 0.1) is 16.8 Å². The number of aliphatic hydroxyl groups excluding tert-OH is 1. The molecule has 18 heavy (non-hydrogen) atoms. The van der Waals surface area contributed by atoms with Crippen molar-refractivity contribution < 1.29 is 5.11 Å². The monoisotopic (exact) mass is 259 g/mol. The summed E-state index contributed by atoms with van der Waals surface area (Å²) in [6, 6.07) is 8.55. The van der Waals surface area contributed by atoms with Gasteiger partial charge in [-0.25, -0.2) is 4.98 Å². The highest BCUT2D eigenvalue weighted by Crippen LogP contribution is 2.33. The predicted molar refractivity (Wildman–Crippen MR) is 74.0 cm³/mol. The standard InChI is InChI=1S/C15H17NOS/c1-10-4-2-5-11(8-10)9-14-16-15-12(17)6-3-7-13(15)18-14/h2,4-5,8,12,17H,3,6-7,9H2,1H3. The lowest BCUT2D eigenvalue weighted by atomic mass is 10.0. The van der Waals surface area contributed by atoms with E-state index in [2.05, 4.69) is 36.2 Å². The number of rotatable bonds is 2. The smallest absolute Gasteiger partial charge is 0.0976 e. The van der Waals surface area contributed by atoms with Crippen LogP contribution in [0.5, 0.6) is 0 Å². The summed E-state index contributed by atoms with van der Waals surface area (Å²) in [6.45, 7) is 2.11. The van der Waals surface area contributed by atoms with Crippen LogP contribution in [-0.2, 0) is 12.8 Å². The Balaban J connectivity index is 1.85. The highest BCUT2D eigenvalue weighted by Gasteiger charge is 2.22. The average molecular weight is 259 g/mol. The van der Waals surface area contributed by atoms with Gasteiger partial charge in [0.1, 0.15) is 0 Å². The zero-order valence-electron chi connectivity index (χ0n) is 10.5. The van der Waals surface area contributed by atoms with Gasteiger partial charge in [0.25, 0.3) is 0 Å². The zero-order chi connectivity index (χ0) is 12.5. The first kappa shape index (κ1) is 11.9. The molecule has 0 saturated heterocycles. The van der Waals surface area contributed by atoms with E-state index >= 15 is 0 Å². The number of thiazole rings is 1. The molecule has 1 N–H and O–H groups in total. The van der Waals surface area contributed by atoms with Crippen LogP contribution in [0.1, 0.15) is 45.7 Å². The third kappa shape index (κ3) is 2.33. The van der Waals surface area contributed by atoms with Crippen molar-refractivity contribution in [3.63, 3.8) is 0 Å². The molecule has 2 aromatic rings. The van der Waals surface area contributed by atoms with Crippen molar-refractivity contribution in [3.05, 3.63) is 51.0 Å². The van der Waals surface area contributed by atoms with Gasteiger partial charge in [-0.1, -0.05) is 29.8 Å². The minimum absolute atomic E-state index is 0.337. The van der Waals surface area contributed by atoms with Crippen LogP contribution in [0.2, 0.25) is 0 Å². The molecule has 1 aromatic carbocycles. The van der Waals surface area contributed by atoms with Gasteiger partial charge >= 0.3 is 0 Å². The molecule has 0 amide bonds. The van der Waals surface area contributed by atoms with Gasteiger partial charge in [-0.2, -0.15) is 0 Å². The largest absolute Gasteiger partial charge is 0.387 e. The van der Waals surface area contributed by atoms with Gasteiger partial charge in [-0.3, -0.25) is 0 Å². The summed E-state index contributed by atoms with van der Waals surface area (Å²) in [5.41, 5.74) is 3.53. The van der Waals surface area contributed by atoms with E-state index < -0.39 is 0 Å². The van der Waals surface area contributed by atoms with Crippen LogP contribution in [0.25, 0.3) is 0 Å². The van der Waals surface area contributed by atoms with Crippen molar-refractivity contribution in [3.8, 4) is 0 Å². The Morgan fingerprint density at radius 3 is 3.11 bits per heavy atom. The van der Waals surface area contributed by atoms with E-state index in [1.807, 2.05) is 0 Å². The Kier molecular flexibility index (Phi) is 3.18. The van der Waals surface area contributed by atoms with Crippen LogP contribution in [0, 0.1) is 6.92 Å². The van der Waals surface area contributed by atoms with Crippen molar-refractivity contribution in [2.75, 3.05) is 0 Å². The minimum atomic E-state index is -0.337. The van der Waals surface area contributed by atoms with E-state index in [-0.39, 0.29) is 6.10 Å². The van der Waals surface area contributed by atoms with Gasteiger partial charge in [0.15, 0.2) is 0 Å². The number of aromatic nitrogens is 1. The number of benzene rings is 1. The number of nitrogens with zero attached hydrogens (tertiary/aromatic N) is 1. The van der Waals surface area contributed by atoms with E-state index in [4.69, 9.17) is 0 Å². The van der Waals surface area contributed by atoms with Crippen LogP contribution in [0.4, 0.5) is 0 Å². The second kappa shape index (κ2) is 4.82. The molecular weight excluding hydrogens is 242 g/mol. The maximum Gasteiger partial charge on any atom is 0.0976 e. The fraction of sp³-hybridized carbons (Fsp3) is 0.400. The van der Waals surface area contributed by atoms with Crippen molar-refractivity contribution in [1.82, 2.24) is 4.98 Å². The third-order valence-electron chi connectivity index (χ3n) is 3.41. The molecule has 1 atom stereocenters. The fourth-order valence-electron chi connectivity index (χ4n) is 2.52. The maximum atomic E-state index is 9.93. The van der Waals surface area contributed by atoms with Crippen LogP contribution in [0.3, 0.4) is 0 Å². The SMILES string of the molecule is Cc1cccc(Cc2nc3c(s2)CCCC3O)c1. The van der Waals surface area contributed by atoms with Crippen LogP contribution >= 0.6 is 11.3 Å². The quantitative estimate of drug-likeness (QED) is 0.896. The summed E-state index contributed by atoms with van der Waals surface area (Å²) in [4.78, 5) is 5.91. The first-order chi connectivity index (χ1) is 8.72. The van der Waals surface area contributed by atoms with Crippen LogP contribution in [-0.4, -0.2) is 10.1 Å². The molecule has 1 aromatic heterocycles. The zero-order valence-corrected chi connectivity index (χ0v) is 11.3. The molecule has 0 bridgehead atoms. The lowest BCUT2D eigenvalue weighted by molar-refractivity contribution is 0.153. The Bertz CT molecular complexity index is 561. The molecule has 94 valence electrons. The summed E-state index contributed by atoms with van der Waals surface area (Å²) >= 11 is 1.77. The van der Waals surface area contributed by atoms with E-state index in [1.165, 1.54) is 16.0 Å². The van der Waals surface area contributed by atoms with E-state index in [0.29, 0.717) is 0 Å². The van der Waals surface area contributed by atoms with E-state index in [1.54, 1.807) is 11.3 Å². The first-order valence-electron chi connectivity index (χ1n) is 6.44. The van der Waals surface area contributed by atoms with Crippen molar-refractivity contribution in [2.24, 2.45) is 0 Å². The van der Waals surface area contributed by atoms with Gasteiger partial charge < -0.3 is 5.11 Å². The number of fused-ring (bicyclic) bond motifs is 1. The van der Waals surface area contributed by atoms with Crippen molar-refractivity contribution >= 4 is 11.3 Å². The molecule has 1 aliphatic rings. The molecule has 0 saturated carbocycles. The number of aliphatic hydroxyl groups is 1. The second-order valence-electron chi connectivity index (χ2n) is 4.99. The highest BCUT2D eigenvalue weighted by atomic mass is 32.1. The van der Waals surface area contributed by atoms with Crippen molar-refractivity contribution in [1.29, 1.82) is 0 Å². The molecule has 0 aliphatic heterocycles. The highest BCUT2D eigenvalue weighted by molar-refractivity contribution is 7.11. The van der Waals surface area contributed by atoms with Gasteiger partial charge in [0, 0.05) is 11.3 Å². The molecule has 1 aliphatic carbocycles. The minimum Gasteiger partial charge on any atom is -0.387 e. The normalized spacial score (nSPS) is 18.7. The van der Waals surface area contributed by atoms with Gasteiger partial charge in [0.2, 0.25) is 0 Å². The maximum absolute atomic E-state index is 9.93. The summed E-state index contributed by atoms with van der Waals surface area (Å²) in [5, 5.41) is 11.1. The van der Waals surface area contributed by atoms with Crippen LogP contribution < -0.4 is 0 Å². The summed E-state index contributed by atoms with van der Waals surface area (Å²) in [6.07, 6.45) is 3.57. The fourth-order valence-corrected chi connectivity index (χ4v) is 3.72. The van der Waals surface area contributed by atoms with Crippen LogP contribution in [0.15, 0.2) is 24.3 Å². The Morgan fingerprint density at radius 1 is 1.44 bits per heavy atom. The Morgan fingerprint density at radius 2 is 2.33 bits per heavy atom.